The van der Waals surface area contributed by atoms with Crippen LogP contribution in [0.5, 0.6) is 11.5 Å². The first-order chi connectivity index (χ1) is 14.3. The molecule has 3 heterocycles. The van der Waals surface area contributed by atoms with Gasteiger partial charge in [0.25, 0.3) is 0 Å². The number of fused-ring (bicyclic) bond motifs is 1. The van der Waals surface area contributed by atoms with E-state index < -0.39 is 10.0 Å². The molecule has 1 aromatic heterocycles. The van der Waals surface area contributed by atoms with Crippen molar-refractivity contribution in [1.82, 2.24) is 19.3 Å². The van der Waals surface area contributed by atoms with Gasteiger partial charge < -0.3 is 24.2 Å². The summed E-state index contributed by atoms with van der Waals surface area (Å²) in [5.74, 6) is 2.11. The lowest BCUT2D eigenvalue weighted by Crippen LogP contribution is -2.63. The molecule has 162 valence electrons. The van der Waals surface area contributed by atoms with E-state index in [1.54, 1.807) is 30.0 Å². The van der Waals surface area contributed by atoms with Gasteiger partial charge in [-0.05, 0) is 12.1 Å². The first kappa shape index (κ1) is 20.4. The Morgan fingerprint density at radius 3 is 2.67 bits per heavy atom. The zero-order chi connectivity index (χ0) is 21.3. The molecule has 30 heavy (non-hydrogen) atoms. The summed E-state index contributed by atoms with van der Waals surface area (Å²) in [6.07, 6.45) is 1.50. The highest BCUT2D eigenvalue weighted by atomic mass is 32.2. The van der Waals surface area contributed by atoms with E-state index in [0.717, 1.165) is 6.26 Å². The second kappa shape index (κ2) is 8.11. The van der Waals surface area contributed by atoms with Crippen LogP contribution in [0.15, 0.2) is 22.7 Å². The van der Waals surface area contributed by atoms with E-state index in [-0.39, 0.29) is 18.6 Å². The van der Waals surface area contributed by atoms with Crippen LogP contribution in [0.25, 0.3) is 0 Å². The highest BCUT2D eigenvalue weighted by Gasteiger charge is 2.38. The number of aryl methyl sites for hydroxylation is 1. The third-order valence-electron chi connectivity index (χ3n) is 4.90. The SMILES string of the molecule is Cc1nc(CCN(C2CN(C(=O)Nc3ccc4c(c3)OCCO4)C2)S(C)(=O)=O)no1. The zero-order valence-electron chi connectivity index (χ0n) is 16.7. The van der Waals surface area contributed by atoms with Gasteiger partial charge in [-0.15, -0.1) is 0 Å². The number of amides is 2. The van der Waals surface area contributed by atoms with Gasteiger partial charge in [0, 0.05) is 44.7 Å². The summed E-state index contributed by atoms with van der Waals surface area (Å²) in [7, 11) is -3.45. The number of urea groups is 1. The maximum atomic E-state index is 12.5. The van der Waals surface area contributed by atoms with E-state index in [1.807, 2.05) is 0 Å². The molecule has 4 rings (SSSR count). The van der Waals surface area contributed by atoms with Crippen molar-refractivity contribution in [2.24, 2.45) is 0 Å². The Morgan fingerprint density at radius 1 is 1.27 bits per heavy atom. The maximum Gasteiger partial charge on any atom is 0.321 e. The molecule has 0 aliphatic carbocycles. The zero-order valence-corrected chi connectivity index (χ0v) is 17.5. The maximum absolute atomic E-state index is 12.5. The fourth-order valence-electron chi connectivity index (χ4n) is 3.40. The van der Waals surface area contributed by atoms with Gasteiger partial charge in [0.1, 0.15) is 13.2 Å². The number of anilines is 1. The molecule has 2 aliphatic rings. The summed E-state index contributed by atoms with van der Waals surface area (Å²) >= 11 is 0. The number of hydrogen-bond donors (Lipinski definition) is 1. The standard InChI is InChI=1S/C18H23N5O6S/c1-12-19-17(21-29-12)5-6-23(30(2,25)26)14-10-22(11-14)18(24)20-13-3-4-15-16(9-13)28-8-7-27-15/h3-4,9,14H,5-8,10-11H2,1-2H3,(H,20,24). The van der Waals surface area contributed by atoms with Gasteiger partial charge >= 0.3 is 6.03 Å². The highest BCUT2D eigenvalue weighted by Crippen LogP contribution is 2.32. The molecule has 1 aromatic carbocycles. The molecule has 0 spiro atoms. The van der Waals surface area contributed by atoms with Gasteiger partial charge in [-0.2, -0.15) is 9.29 Å². The molecule has 0 saturated carbocycles. The number of rotatable bonds is 6. The number of nitrogens with zero attached hydrogens (tertiary/aromatic N) is 4. The van der Waals surface area contributed by atoms with Crippen LogP contribution < -0.4 is 14.8 Å². The summed E-state index contributed by atoms with van der Waals surface area (Å²) < 4.78 is 41.7. The Labute approximate surface area is 174 Å². The van der Waals surface area contributed by atoms with Gasteiger partial charge in [-0.1, -0.05) is 5.16 Å². The Kier molecular flexibility index (Phi) is 5.52. The van der Waals surface area contributed by atoms with Crippen molar-refractivity contribution in [3.8, 4) is 11.5 Å². The number of sulfonamides is 1. The summed E-state index contributed by atoms with van der Waals surface area (Å²) in [5.41, 5.74) is 0.583. The van der Waals surface area contributed by atoms with Crippen LogP contribution in [-0.2, 0) is 16.4 Å². The van der Waals surface area contributed by atoms with Crippen LogP contribution in [0.1, 0.15) is 11.7 Å². The van der Waals surface area contributed by atoms with E-state index in [4.69, 9.17) is 14.0 Å². The molecule has 2 aromatic rings. The van der Waals surface area contributed by atoms with Gasteiger partial charge in [-0.25, -0.2) is 13.2 Å². The molecule has 12 heteroatoms. The molecule has 1 fully saturated rings. The molecule has 1 saturated heterocycles. The molecule has 0 atom stereocenters. The van der Waals surface area contributed by atoms with Crippen LogP contribution in [0.3, 0.4) is 0 Å². The number of benzene rings is 1. The lowest BCUT2D eigenvalue weighted by Gasteiger charge is -2.44. The number of hydrogen-bond acceptors (Lipinski definition) is 8. The number of carbonyl (C=O) groups excluding carboxylic acids is 1. The fourth-order valence-corrected chi connectivity index (χ4v) is 4.50. The molecule has 0 bridgehead atoms. The van der Waals surface area contributed by atoms with Crippen molar-refractivity contribution in [2.75, 3.05) is 44.4 Å². The number of aromatic nitrogens is 2. The number of ether oxygens (including phenoxy) is 2. The van der Waals surface area contributed by atoms with Gasteiger partial charge in [-0.3, -0.25) is 0 Å². The summed E-state index contributed by atoms with van der Waals surface area (Å²) in [6, 6.07) is 4.59. The summed E-state index contributed by atoms with van der Waals surface area (Å²) in [6.45, 7) is 3.46. The van der Waals surface area contributed by atoms with E-state index in [0.29, 0.717) is 61.6 Å². The largest absolute Gasteiger partial charge is 0.486 e. The van der Waals surface area contributed by atoms with E-state index in [1.165, 1.54) is 4.31 Å². The van der Waals surface area contributed by atoms with Crippen molar-refractivity contribution < 1.29 is 27.2 Å². The molecule has 1 N–H and O–H groups in total. The number of likely N-dealkylation sites (tertiary alicyclic amines) is 1. The average Bonchev–Trinajstić information content (AvgIpc) is 3.07. The lowest BCUT2D eigenvalue weighted by atomic mass is 10.1. The Bertz CT molecular complexity index is 1030. The van der Waals surface area contributed by atoms with Crippen LogP contribution in [0.4, 0.5) is 10.5 Å². The van der Waals surface area contributed by atoms with Crippen molar-refractivity contribution in [3.05, 3.63) is 29.9 Å². The van der Waals surface area contributed by atoms with Gasteiger partial charge in [0.15, 0.2) is 17.3 Å². The van der Waals surface area contributed by atoms with Gasteiger partial charge in [0.2, 0.25) is 15.9 Å². The predicted octanol–water partition coefficient (Wildman–Crippen LogP) is 0.870. The predicted molar refractivity (Wildman–Crippen MR) is 106 cm³/mol. The smallest absolute Gasteiger partial charge is 0.321 e. The van der Waals surface area contributed by atoms with Crippen molar-refractivity contribution >= 4 is 21.7 Å². The Balaban J connectivity index is 1.33. The van der Waals surface area contributed by atoms with E-state index in [2.05, 4.69) is 15.5 Å². The first-order valence-electron chi connectivity index (χ1n) is 9.51. The third-order valence-corrected chi connectivity index (χ3v) is 6.23. The topological polar surface area (TPSA) is 127 Å². The molecule has 2 aliphatic heterocycles. The molecule has 2 amide bonds. The van der Waals surface area contributed by atoms with Gasteiger partial charge in [0.05, 0.1) is 12.3 Å². The molecular formula is C18H23N5O6S. The Morgan fingerprint density at radius 2 is 2.00 bits per heavy atom. The quantitative estimate of drug-likeness (QED) is 0.705. The van der Waals surface area contributed by atoms with E-state index in [9.17, 15) is 13.2 Å². The monoisotopic (exact) mass is 437 g/mol. The van der Waals surface area contributed by atoms with Crippen molar-refractivity contribution in [2.45, 2.75) is 19.4 Å². The van der Waals surface area contributed by atoms with Crippen molar-refractivity contribution in [3.63, 3.8) is 0 Å². The highest BCUT2D eigenvalue weighted by molar-refractivity contribution is 7.88. The normalized spacial score (nSPS) is 16.4. The van der Waals surface area contributed by atoms with Crippen molar-refractivity contribution in [1.29, 1.82) is 0 Å². The van der Waals surface area contributed by atoms with Crippen LogP contribution in [0.2, 0.25) is 0 Å². The minimum Gasteiger partial charge on any atom is -0.486 e. The number of nitrogens with one attached hydrogen (secondary N) is 1. The third kappa shape index (κ3) is 4.49. The molecule has 0 radical (unpaired) electrons. The molecule has 11 nitrogen and oxygen atoms in total. The van der Waals surface area contributed by atoms with Crippen LogP contribution in [0, 0.1) is 6.92 Å². The molecule has 0 unspecified atom stereocenters. The van der Waals surface area contributed by atoms with Crippen LogP contribution in [-0.4, -0.2) is 78.9 Å². The Hall–Kier alpha value is -2.86. The number of carbonyl (C=O) groups is 1. The second-order valence-electron chi connectivity index (χ2n) is 7.20. The summed E-state index contributed by atoms with van der Waals surface area (Å²) in [5, 5.41) is 6.60. The minimum absolute atomic E-state index is 0.222. The summed E-state index contributed by atoms with van der Waals surface area (Å²) in [4.78, 5) is 18.2. The fraction of sp³-hybridized carbons (Fsp3) is 0.500. The first-order valence-corrected chi connectivity index (χ1v) is 11.4. The second-order valence-corrected chi connectivity index (χ2v) is 9.14. The van der Waals surface area contributed by atoms with Crippen LogP contribution >= 0.6 is 0 Å². The van der Waals surface area contributed by atoms with E-state index >= 15 is 0 Å². The minimum atomic E-state index is -3.45. The average molecular weight is 437 g/mol. The lowest BCUT2D eigenvalue weighted by molar-refractivity contribution is 0.109. The molecular weight excluding hydrogens is 414 g/mol.